The van der Waals surface area contributed by atoms with Crippen LogP contribution in [-0.2, 0) is 4.79 Å². The number of hydrogen-bond acceptors (Lipinski definition) is 5. The van der Waals surface area contributed by atoms with Gasteiger partial charge in [-0.3, -0.25) is 4.79 Å². The van der Waals surface area contributed by atoms with Crippen LogP contribution in [0.5, 0.6) is 0 Å². The molecule has 2 heterocycles. The predicted molar refractivity (Wildman–Crippen MR) is 83.2 cm³/mol. The van der Waals surface area contributed by atoms with Gasteiger partial charge in [-0.15, -0.1) is 11.3 Å². The van der Waals surface area contributed by atoms with Crippen LogP contribution in [0.3, 0.4) is 0 Å². The first-order valence-corrected chi connectivity index (χ1v) is 7.82. The third-order valence-corrected chi connectivity index (χ3v) is 4.12. The van der Waals surface area contributed by atoms with E-state index in [1.807, 2.05) is 13.8 Å². The highest BCUT2D eigenvalue weighted by molar-refractivity contribution is 7.19. The van der Waals surface area contributed by atoms with Gasteiger partial charge in [-0.1, -0.05) is 30.6 Å². The Morgan fingerprint density at radius 2 is 2.18 bits per heavy atom. The molecule has 0 bridgehead atoms. The maximum absolute atomic E-state index is 12.1. The van der Waals surface area contributed by atoms with E-state index >= 15 is 0 Å². The molecule has 2 N–H and O–H groups in total. The number of aliphatic carboxylic acids is 1. The van der Waals surface area contributed by atoms with Gasteiger partial charge in [-0.2, -0.15) is 0 Å². The number of carboxylic acid groups (broad SMARTS) is 1. The number of aromatic nitrogens is 1. The summed E-state index contributed by atoms with van der Waals surface area (Å²) in [6.07, 6.45) is 0.340. The minimum absolute atomic E-state index is 0.0366. The molecular weight excluding hydrogens is 328 g/mol. The van der Waals surface area contributed by atoms with Crippen molar-refractivity contribution in [2.45, 2.75) is 26.3 Å². The molecule has 0 aliphatic rings. The van der Waals surface area contributed by atoms with Crippen molar-refractivity contribution in [1.82, 2.24) is 10.5 Å². The zero-order chi connectivity index (χ0) is 16.3. The minimum Gasteiger partial charge on any atom is -0.480 e. The van der Waals surface area contributed by atoms with E-state index in [0.717, 1.165) is 4.88 Å². The third kappa shape index (κ3) is 4.08. The second kappa shape index (κ2) is 6.93. The molecule has 22 heavy (non-hydrogen) atoms. The van der Waals surface area contributed by atoms with Crippen LogP contribution >= 0.6 is 22.9 Å². The van der Waals surface area contributed by atoms with Gasteiger partial charge in [0.25, 0.3) is 5.91 Å². The summed E-state index contributed by atoms with van der Waals surface area (Å²) in [7, 11) is 0. The van der Waals surface area contributed by atoms with Gasteiger partial charge in [-0.25, -0.2) is 4.79 Å². The summed E-state index contributed by atoms with van der Waals surface area (Å²) >= 11 is 7.14. The summed E-state index contributed by atoms with van der Waals surface area (Å²) in [4.78, 5) is 24.0. The summed E-state index contributed by atoms with van der Waals surface area (Å²) in [5.41, 5.74) is 0.0366. The van der Waals surface area contributed by atoms with E-state index in [-0.39, 0.29) is 11.6 Å². The Hall–Kier alpha value is -1.86. The molecule has 2 rings (SSSR count). The summed E-state index contributed by atoms with van der Waals surface area (Å²) in [6, 6.07) is 3.98. The Morgan fingerprint density at radius 1 is 1.45 bits per heavy atom. The average molecular weight is 343 g/mol. The van der Waals surface area contributed by atoms with Crippen LogP contribution in [0.1, 0.15) is 30.8 Å². The Morgan fingerprint density at radius 3 is 2.73 bits per heavy atom. The Labute approximate surface area is 136 Å². The van der Waals surface area contributed by atoms with Gasteiger partial charge in [0.2, 0.25) is 0 Å². The molecule has 0 saturated heterocycles. The fraction of sp³-hybridized carbons (Fsp3) is 0.357. The number of thiophene rings is 1. The fourth-order valence-corrected chi connectivity index (χ4v) is 2.86. The van der Waals surface area contributed by atoms with E-state index in [0.29, 0.717) is 16.5 Å². The lowest BCUT2D eigenvalue weighted by Gasteiger charge is -2.15. The lowest BCUT2D eigenvalue weighted by Crippen LogP contribution is -2.41. The first-order valence-electron chi connectivity index (χ1n) is 6.63. The standard InChI is InChI=1S/C14H15ClN2O4S/c1-7(2)5-9(14(19)20)16-13(18)8-6-10(21-17-8)11-3-4-12(15)22-11/h3-4,6-7,9H,5H2,1-2H3,(H,16,18)(H,19,20)/t9-/m0/s1. The van der Waals surface area contributed by atoms with Gasteiger partial charge < -0.3 is 14.9 Å². The van der Waals surface area contributed by atoms with Crippen LogP contribution in [-0.4, -0.2) is 28.2 Å². The van der Waals surface area contributed by atoms with E-state index < -0.39 is 17.9 Å². The minimum atomic E-state index is -1.07. The highest BCUT2D eigenvalue weighted by atomic mass is 35.5. The smallest absolute Gasteiger partial charge is 0.326 e. The quantitative estimate of drug-likeness (QED) is 0.840. The number of halogens is 1. The van der Waals surface area contributed by atoms with Crippen LogP contribution in [0.4, 0.5) is 0 Å². The molecule has 2 aromatic heterocycles. The van der Waals surface area contributed by atoms with E-state index in [4.69, 9.17) is 21.2 Å². The number of rotatable bonds is 6. The van der Waals surface area contributed by atoms with E-state index in [9.17, 15) is 9.59 Å². The number of carbonyl (C=O) groups excluding carboxylic acids is 1. The Kier molecular flexibility index (Phi) is 5.20. The molecule has 1 amide bonds. The van der Waals surface area contributed by atoms with Crippen molar-refractivity contribution in [2.75, 3.05) is 0 Å². The molecule has 2 aromatic rings. The molecular formula is C14H15ClN2O4S. The van der Waals surface area contributed by atoms with Crippen LogP contribution in [0.25, 0.3) is 10.6 Å². The molecule has 6 nitrogen and oxygen atoms in total. The Bertz CT molecular complexity index is 680. The van der Waals surface area contributed by atoms with Crippen molar-refractivity contribution in [3.05, 3.63) is 28.2 Å². The van der Waals surface area contributed by atoms with E-state index in [1.54, 1.807) is 12.1 Å². The molecule has 0 radical (unpaired) electrons. The van der Waals surface area contributed by atoms with Gasteiger partial charge in [0, 0.05) is 6.07 Å². The van der Waals surface area contributed by atoms with Gasteiger partial charge in [0.15, 0.2) is 11.5 Å². The van der Waals surface area contributed by atoms with Crippen molar-refractivity contribution in [2.24, 2.45) is 5.92 Å². The molecule has 118 valence electrons. The van der Waals surface area contributed by atoms with Crippen molar-refractivity contribution in [1.29, 1.82) is 0 Å². The molecule has 0 spiro atoms. The molecule has 0 unspecified atom stereocenters. The number of carboxylic acids is 1. The van der Waals surface area contributed by atoms with Crippen LogP contribution in [0, 0.1) is 5.92 Å². The lowest BCUT2D eigenvalue weighted by molar-refractivity contribution is -0.139. The van der Waals surface area contributed by atoms with E-state index in [1.165, 1.54) is 17.4 Å². The first-order chi connectivity index (χ1) is 10.4. The zero-order valence-electron chi connectivity index (χ0n) is 12.0. The molecule has 1 atom stereocenters. The van der Waals surface area contributed by atoms with Crippen LogP contribution < -0.4 is 5.32 Å². The molecule has 0 aliphatic heterocycles. The maximum Gasteiger partial charge on any atom is 0.326 e. The molecule has 0 saturated carbocycles. The highest BCUT2D eigenvalue weighted by Crippen LogP contribution is 2.31. The van der Waals surface area contributed by atoms with E-state index in [2.05, 4.69) is 10.5 Å². The first kappa shape index (κ1) is 16.5. The predicted octanol–water partition coefficient (Wildman–Crippen LogP) is 3.29. The Balaban J connectivity index is 2.09. The van der Waals surface area contributed by atoms with Crippen molar-refractivity contribution >= 4 is 34.8 Å². The molecule has 0 aliphatic carbocycles. The lowest BCUT2D eigenvalue weighted by atomic mass is 10.0. The number of hydrogen-bond donors (Lipinski definition) is 2. The zero-order valence-corrected chi connectivity index (χ0v) is 13.6. The third-order valence-electron chi connectivity index (χ3n) is 2.87. The average Bonchev–Trinajstić information content (AvgIpc) is 3.05. The molecule has 0 fully saturated rings. The topological polar surface area (TPSA) is 92.4 Å². The largest absolute Gasteiger partial charge is 0.480 e. The number of amides is 1. The second-order valence-corrected chi connectivity index (χ2v) is 6.89. The van der Waals surface area contributed by atoms with Crippen LogP contribution in [0.2, 0.25) is 4.34 Å². The highest BCUT2D eigenvalue weighted by Gasteiger charge is 2.23. The number of carbonyl (C=O) groups is 2. The van der Waals surface area contributed by atoms with Crippen molar-refractivity contribution in [3.63, 3.8) is 0 Å². The number of nitrogens with zero attached hydrogens (tertiary/aromatic N) is 1. The van der Waals surface area contributed by atoms with Gasteiger partial charge in [0.05, 0.1) is 9.21 Å². The van der Waals surface area contributed by atoms with Gasteiger partial charge in [0.1, 0.15) is 6.04 Å². The molecule has 0 aromatic carbocycles. The maximum atomic E-state index is 12.1. The van der Waals surface area contributed by atoms with Crippen molar-refractivity contribution in [3.8, 4) is 10.6 Å². The monoisotopic (exact) mass is 342 g/mol. The van der Waals surface area contributed by atoms with Gasteiger partial charge >= 0.3 is 5.97 Å². The summed E-state index contributed by atoms with van der Waals surface area (Å²) < 4.78 is 5.70. The van der Waals surface area contributed by atoms with Crippen molar-refractivity contribution < 1.29 is 19.2 Å². The van der Waals surface area contributed by atoms with Crippen LogP contribution in [0.15, 0.2) is 22.7 Å². The second-order valence-electron chi connectivity index (χ2n) is 5.17. The normalized spacial score (nSPS) is 12.4. The van der Waals surface area contributed by atoms with Gasteiger partial charge in [-0.05, 0) is 24.5 Å². The summed E-state index contributed by atoms with van der Waals surface area (Å²) in [5, 5.41) is 15.3. The summed E-state index contributed by atoms with van der Waals surface area (Å²) in [6.45, 7) is 3.77. The SMILES string of the molecule is CC(C)C[C@H](NC(=O)c1cc(-c2ccc(Cl)s2)on1)C(=O)O. The number of nitrogens with one attached hydrogen (secondary N) is 1. The fourth-order valence-electron chi connectivity index (χ4n) is 1.87. The summed E-state index contributed by atoms with van der Waals surface area (Å²) in [5.74, 6) is -1.10. The molecule has 8 heteroatoms.